The summed E-state index contributed by atoms with van der Waals surface area (Å²) < 4.78 is 5.69. The average Bonchev–Trinajstić information content (AvgIpc) is 2.64. The fourth-order valence-electron chi connectivity index (χ4n) is 2.56. The first kappa shape index (κ1) is 20.7. The summed E-state index contributed by atoms with van der Waals surface area (Å²) in [6.07, 6.45) is 1.20. The van der Waals surface area contributed by atoms with E-state index in [-0.39, 0.29) is 6.10 Å². The lowest BCUT2D eigenvalue weighted by Gasteiger charge is -2.17. The molecule has 1 aromatic heterocycles. The molecule has 27 heavy (non-hydrogen) atoms. The largest absolute Gasteiger partial charge is 0.491 e. The molecule has 0 fully saturated rings. The minimum absolute atomic E-state index is 0.0954. The molecule has 6 nitrogen and oxygen atoms in total. The molecule has 0 aliphatic carbocycles. The second-order valence-electron chi connectivity index (χ2n) is 6.60. The van der Waals surface area contributed by atoms with E-state index in [1.165, 1.54) is 0 Å². The number of nitrogens with zero attached hydrogens (tertiary/aromatic N) is 2. The van der Waals surface area contributed by atoms with Crippen LogP contribution in [0.15, 0.2) is 47.6 Å². The smallest absolute Gasteiger partial charge is 0.191 e. The molecule has 0 spiro atoms. The predicted octanol–water partition coefficient (Wildman–Crippen LogP) is 2.97. The van der Waals surface area contributed by atoms with Crippen LogP contribution in [0.2, 0.25) is 0 Å². The van der Waals surface area contributed by atoms with Crippen LogP contribution in [0.3, 0.4) is 0 Å². The zero-order valence-electron chi connectivity index (χ0n) is 16.6. The van der Waals surface area contributed by atoms with Crippen molar-refractivity contribution in [1.29, 1.82) is 0 Å². The van der Waals surface area contributed by atoms with E-state index in [1.54, 1.807) is 6.20 Å². The Kier molecular flexibility index (Phi) is 8.07. The van der Waals surface area contributed by atoms with E-state index in [4.69, 9.17) is 4.74 Å². The van der Waals surface area contributed by atoms with E-state index in [2.05, 4.69) is 20.6 Å². The van der Waals surface area contributed by atoms with Gasteiger partial charge in [-0.25, -0.2) is 4.99 Å². The normalized spacial score (nSPS) is 12.7. The molecule has 0 aliphatic heterocycles. The number of aromatic nitrogens is 1. The highest BCUT2D eigenvalue weighted by Crippen LogP contribution is 2.19. The van der Waals surface area contributed by atoms with Gasteiger partial charge < -0.3 is 20.5 Å². The summed E-state index contributed by atoms with van der Waals surface area (Å²) in [7, 11) is 0. The van der Waals surface area contributed by atoms with Gasteiger partial charge >= 0.3 is 0 Å². The highest BCUT2D eigenvalue weighted by molar-refractivity contribution is 5.79. The van der Waals surface area contributed by atoms with Gasteiger partial charge in [0.1, 0.15) is 5.75 Å². The monoisotopic (exact) mass is 370 g/mol. The highest BCUT2D eigenvalue weighted by Gasteiger charge is 2.10. The Bertz CT molecular complexity index is 746. The van der Waals surface area contributed by atoms with E-state index in [0.717, 1.165) is 29.1 Å². The van der Waals surface area contributed by atoms with Crippen molar-refractivity contribution in [2.45, 2.75) is 46.4 Å². The number of guanidine groups is 1. The molecule has 6 heteroatoms. The summed E-state index contributed by atoms with van der Waals surface area (Å²) in [5.41, 5.74) is 2.85. The van der Waals surface area contributed by atoms with Crippen LogP contribution in [-0.2, 0) is 6.54 Å². The standard InChI is InChI=1S/C21H30N4O2/c1-5-22-21(24-13-19-16(4)8-7-11-23-19)25-14-20(26)17-9-6-10-18(12-17)27-15(2)3/h6-12,15,20,26H,5,13-14H2,1-4H3,(H2,22,24,25). The molecule has 0 bridgehead atoms. The van der Waals surface area contributed by atoms with E-state index in [1.807, 2.05) is 64.1 Å². The molecule has 3 N–H and O–H groups in total. The lowest BCUT2D eigenvalue weighted by Crippen LogP contribution is -2.39. The van der Waals surface area contributed by atoms with Gasteiger partial charge in [-0.05, 0) is 57.0 Å². The van der Waals surface area contributed by atoms with Crippen LogP contribution in [0.1, 0.15) is 43.7 Å². The Morgan fingerprint density at radius 1 is 1.22 bits per heavy atom. The average molecular weight is 370 g/mol. The molecular weight excluding hydrogens is 340 g/mol. The molecular formula is C21H30N4O2. The molecule has 1 heterocycles. The number of pyridine rings is 1. The molecule has 2 aromatic rings. The zero-order valence-corrected chi connectivity index (χ0v) is 16.6. The summed E-state index contributed by atoms with van der Waals surface area (Å²) in [6.45, 7) is 9.55. The Morgan fingerprint density at radius 2 is 2.04 bits per heavy atom. The molecule has 0 saturated carbocycles. The topological polar surface area (TPSA) is 78.8 Å². The number of hydrogen-bond donors (Lipinski definition) is 3. The number of benzene rings is 1. The van der Waals surface area contributed by atoms with Gasteiger partial charge in [0.05, 0.1) is 24.4 Å². The van der Waals surface area contributed by atoms with Crippen molar-refractivity contribution in [3.8, 4) is 5.75 Å². The van der Waals surface area contributed by atoms with Gasteiger partial charge in [-0.1, -0.05) is 18.2 Å². The van der Waals surface area contributed by atoms with Crippen molar-refractivity contribution < 1.29 is 9.84 Å². The Hall–Kier alpha value is -2.60. The molecule has 0 saturated heterocycles. The van der Waals surface area contributed by atoms with Gasteiger partial charge in [0, 0.05) is 19.3 Å². The van der Waals surface area contributed by atoms with Crippen LogP contribution < -0.4 is 15.4 Å². The molecule has 2 rings (SSSR count). The number of aliphatic imine (C=N–C) groups is 1. The van der Waals surface area contributed by atoms with Crippen LogP contribution in [0.5, 0.6) is 5.75 Å². The van der Waals surface area contributed by atoms with Gasteiger partial charge in [0.15, 0.2) is 5.96 Å². The number of aliphatic hydroxyl groups excluding tert-OH is 1. The fraction of sp³-hybridized carbons (Fsp3) is 0.429. The third-order valence-corrected chi connectivity index (χ3v) is 3.93. The number of aliphatic hydroxyl groups is 1. The first-order valence-electron chi connectivity index (χ1n) is 9.37. The van der Waals surface area contributed by atoms with Gasteiger partial charge in [-0.15, -0.1) is 0 Å². The third-order valence-electron chi connectivity index (χ3n) is 3.93. The second-order valence-corrected chi connectivity index (χ2v) is 6.60. The number of hydrogen-bond acceptors (Lipinski definition) is 4. The minimum atomic E-state index is -0.666. The van der Waals surface area contributed by atoms with Crippen molar-refractivity contribution in [2.24, 2.45) is 4.99 Å². The maximum Gasteiger partial charge on any atom is 0.191 e. The maximum absolute atomic E-state index is 10.5. The summed E-state index contributed by atoms with van der Waals surface area (Å²) in [5.74, 6) is 1.41. The SMILES string of the molecule is CCNC(=NCc1ncccc1C)NCC(O)c1cccc(OC(C)C)c1. The number of rotatable bonds is 8. The molecule has 0 amide bonds. The quantitative estimate of drug-likeness (QED) is 0.492. The summed E-state index contributed by atoms with van der Waals surface area (Å²) in [5, 5.41) is 16.9. The first-order chi connectivity index (χ1) is 13.0. The van der Waals surface area contributed by atoms with Gasteiger partial charge in [-0.3, -0.25) is 4.98 Å². The van der Waals surface area contributed by atoms with Crippen molar-refractivity contribution in [1.82, 2.24) is 15.6 Å². The van der Waals surface area contributed by atoms with Crippen LogP contribution in [0.25, 0.3) is 0 Å². The molecule has 146 valence electrons. The zero-order chi connectivity index (χ0) is 19.6. The lowest BCUT2D eigenvalue weighted by atomic mass is 10.1. The van der Waals surface area contributed by atoms with Crippen molar-refractivity contribution in [2.75, 3.05) is 13.1 Å². The van der Waals surface area contributed by atoms with Crippen LogP contribution in [0, 0.1) is 6.92 Å². The second kappa shape index (κ2) is 10.5. The van der Waals surface area contributed by atoms with Gasteiger partial charge in [0.2, 0.25) is 0 Å². The van der Waals surface area contributed by atoms with Gasteiger partial charge in [0.25, 0.3) is 0 Å². The van der Waals surface area contributed by atoms with Crippen molar-refractivity contribution in [3.05, 3.63) is 59.4 Å². The number of aryl methyl sites for hydroxylation is 1. The van der Waals surface area contributed by atoms with Gasteiger partial charge in [-0.2, -0.15) is 0 Å². The molecule has 1 aromatic carbocycles. The highest BCUT2D eigenvalue weighted by atomic mass is 16.5. The summed E-state index contributed by atoms with van der Waals surface area (Å²) >= 11 is 0. The summed E-state index contributed by atoms with van der Waals surface area (Å²) in [6, 6.07) is 11.5. The maximum atomic E-state index is 10.5. The van der Waals surface area contributed by atoms with E-state index >= 15 is 0 Å². The van der Waals surface area contributed by atoms with Crippen LogP contribution in [0.4, 0.5) is 0 Å². The third kappa shape index (κ3) is 6.90. The fourth-order valence-corrected chi connectivity index (χ4v) is 2.56. The molecule has 1 unspecified atom stereocenters. The Labute approximate surface area is 161 Å². The van der Waals surface area contributed by atoms with E-state index in [9.17, 15) is 5.11 Å². The lowest BCUT2D eigenvalue weighted by molar-refractivity contribution is 0.179. The van der Waals surface area contributed by atoms with Crippen LogP contribution >= 0.6 is 0 Å². The number of nitrogens with one attached hydrogen (secondary N) is 2. The molecule has 1 atom stereocenters. The summed E-state index contributed by atoms with van der Waals surface area (Å²) in [4.78, 5) is 8.92. The van der Waals surface area contributed by atoms with E-state index < -0.39 is 6.10 Å². The number of ether oxygens (including phenoxy) is 1. The predicted molar refractivity (Wildman–Crippen MR) is 109 cm³/mol. The minimum Gasteiger partial charge on any atom is -0.491 e. The molecule has 0 radical (unpaired) electrons. The Morgan fingerprint density at radius 3 is 2.74 bits per heavy atom. The van der Waals surface area contributed by atoms with E-state index in [0.29, 0.717) is 19.0 Å². The van der Waals surface area contributed by atoms with Crippen molar-refractivity contribution >= 4 is 5.96 Å². The van der Waals surface area contributed by atoms with Crippen LogP contribution in [-0.4, -0.2) is 35.2 Å². The Balaban J connectivity index is 1.98. The molecule has 0 aliphatic rings. The van der Waals surface area contributed by atoms with Crippen molar-refractivity contribution in [3.63, 3.8) is 0 Å². The first-order valence-corrected chi connectivity index (χ1v) is 9.37.